The first-order valence-electron chi connectivity index (χ1n) is 7.81. The van der Waals surface area contributed by atoms with Gasteiger partial charge < -0.3 is 18.7 Å². The van der Waals surface area contributed by atoms with E-state index in [9.17, 15) is 14.4 Å². The number of aliphatic imine (C=N–C) groups is 1. The van der Waals surface area contributed by atoms with Gasteiger partial charge in [-0.25, -0.2) is 4.79 Å². The maximum Gasteiger partial charge on any atom is 0.336 e. The smallest absolute Gasteiger partial charge is 0.336 e. The molecule has 1 unspecified atom stereocenters. The van der Waals surface area contributed by atoms with Crippen molar-refractivity contribution in [3.8, 4) is 0 Å². The van der Waals surface area contributed by atoms with Gasteiger partial charge in [-0.05, 0) is 20.8 Å². The zero-order valence-corrected chi connectivity index (χ0v) is 15.2. The van der Waals surface area contributed by atoms with E-state index in [1.165, 1.54) is 14.2 Å². The normalized spacial score (nSPS) is 19.7. The molecule has 0 aliphatic carbocycles. The molecular formula is C17H20N2O7. The fourth-order valence-electron chi connectivity index (χ4n) is 2.82. The Labute approximate surface area is 150 Å². The van der Waals surface area contributed by atoms with Crippen molar-refractivity contribution in [1.29, 1.82) is 0 Å². The van der Waals surface area contributed by atoms with E-state index >= 15 is 0 Å². The van der Waals surface area contributed by atoms with Crippen LogP contribution >= 0.6 is 0 Å². The van der Waals surface area contributed by atoms with Gasteiger partial charge in [-0.15, -0.1) is 0 Å². The van der Waals surface area contributed by atoms with Crippen LogP contribution in [0.15, 0.2) is 26.9 Å². The van der Waals surface area contributed by atoms with E-state index in [1.54, 1.807) is 26.8 Å². The van der Waals surface area contributed by atoms with Gasteiger partial charge in [-0.2, -0.15) is 0 Å². The largest absolute Gasteiger partial charge is 0.468 e. The number of aromatic nitrogens is 1. The van der Waals surface area contributed by atoms with E-state index in [-0.39, 0.29) is 17.9 Å². The van der Waals surface area contributed by atoms with Crippen molar-refractivity contribution in [2.45, 2.75) is 27.4 Å². The Kier molecular flexibility index (Phi) is 5.91. The number of hydrogen-bond acceptors (Lipinski definition) is 9. The number of allylic oxidation sites excluding steroid dienone is 1. The predicted octanol–water partition coefficient (Wildman–Crippen LogP) is 1.35. The standard InChI is InChI=1S/C17H20N2O7/c1-8-6-11(19-26-8)7-25-17(22)14-12(15(20)23-4)9(2)18-10(3)13(14)16(21)24-5/h6,12,14H,7H2,1-5H3/t12?,14-/m1/s1. The third kappa shape index (κ3) is 3.81. The van der Waals surface area contributed by atoms with E-state index in [0.29, 0.717) is 17.2 Å². The quantitative estimate of drug-likeness (QED) is 0.568. The minimum absolute atomic E-state index is 0.0326. The number of nitrogens with zero attached hydrogens (tertiary/aromatic N) is 2. The number of hydrogen-bond donors (Lipinski definition) is 0. The van der Waals surface area contributed by atoms with E-state index in [0.717, 1.165) is 0 Å². The highest BCUT2D eigenvalue weighted by Crippen LogP contribution is 2.33. The molecule has 0 amide bonds. The van der Waals surface area contributed by atoms with Gasteiger partial charge in [0.15, 0.2) is 0 Å². The summed E-state index contributed by atoms with van der Waals surface area (Å²) in [7, 11) is 2.38. The molecule has 0 N–H and O–H groups in total. The maximum absolute atomic E-state index is 12.7. The molecule has 2 rings (SSSR count). The molecular weight excluding hydrogens is 344 g/mol. The second-order valence-electron chi connectivity index (χ2n) is 5.76. The molecule has 9 nitrogen and oxygen atoms in total. The molecule has 0 saturated carbocycles. The van der Waals surface area contributed by atoms with Crippen LogP contribution in [0.4, 0.5) is 0 Å². The van der Waals surface area contributed by atoms with Crippen LogP contribution in [0.25, 0.3) is 0 Å². The maximum atomic E-state index is 12.7. The van der Waals surface area contributed by atoms with E-state index in [2.05, 4.69) is 10.1 Å². The summed E-state index contributed by atoms with van der Waals surface area (Å²) in [6, 6.07) is 1.61. The molecule has 2 atom stereocenters. The van der Waals surface area contributed by atoms with Crippen LogP contribution in [-0.2, 0) is 35.2 Å². The predicted molar refractivity (Wildman–Crippen MR) is 87.9 cm³/mol. The first-order chi connectivity index (χ1) is 12.3. The Morgan fingerprint density at radius 3 is 2.31 bits per heavy atom. The van der Waals surface area contributed by atoms with Crippen LogP contribution in [0.1, 0.15) is 25.3 Å². The van der Waals surface area contributed by atoms with E-state index < -0.39 is 29.7 Å². The molecule has 0 spiro atoms. The molecule has 9 heteroatoms. The average molecular weight is 364 g/mol. The van der Waals surface area contributed by atoms with Gasteiger partial charge in [-0.3, -0.25) is 14.6 Å². The van der Waals surface area contributed by atoms with Crippen molar-refractivity contribution in [3.05, 3.63) is 28.8 Å². The molecule has 0 saturated heterocycles. The molecule has 1 aromatic rings. The molecule has 0 bridgehead atoms. The van der Waals surface area contributed by atoms with E-state index in [1.807, 2.05) is 0 Å². The van der Waals surface area contributed by atoms with Crippen molar-refractivity contribution in [2.24, 2.45) is 16.8 Å². The molecule has 1 aromatic heterocycles. The molecule has 0 fully saturated rings. The minimum Gasteiger partial charge on any atom is -0.468 e. The Morgan fingerprint density at radius 2 is 1.77 bits per heavy atom. The first-order valence-corrected chi connectivity index (χ1v) is 7.81. The lowest BCUT2D eigenvalue weighted by atomic mass is 9.80. The van der Waals surface area contributed by atoms with Gasteiger partial charge in [0.1, 0.15) is 29.9 Å². The zero-order valence-electron chi connectivity index (χ0n) is 15.2. The number of ether oxygens (including phenoxy) is 3. The Morgan fingerprint density at radius 1 is 1.08 bits per heavy atom. The summed E-state index contributed by atoms with van der Waals surface area (Å²) in [6.07, 6.45) is 0. The van der Waals surface area contributed by atoms with Crippen molar-refractivity contribution < 1.29 is 33.1 Å². The van der Waals surface area contributed by atoms with Gasteiger partial charge in [0.05, 0.1) is 19.8 Å². The van der Waals surface area contributed by atoms with Gasteiger partial charge in [0, 0.05) is 17.5 Å². The minimum atomic E-state index is -1.22. The molecule has 26 heavy (non-hydrogen) atoms. The van der Waals surface area contributed by atoms with Crippen molar-refractivity contribution in [2.75, 3.05) is 14.2 Å². The van der Waals surface area contributed by atoms with E-state index in [4.69, 9.17) is 18.7 Å². The SMILES string of the molecule is COC(=O)C1=C(C)N=C(C)C(C(=O)OC)[C@H]1C(=O)OCc1cc(C)on1. The third-order valence-corrected chi connectivity index (χ3v) is 3.98. The summed E-state index contributed by atoms with van der Waals surface area (Å²) in [5, 5.41) is 3.73. The van der Waals surface area contributed by atoms with Gasteiger partial charge in [0.25, 0.3) is 0 Å². The highest BCUT2D eigenvalue weighted by Gasteiger charge is 2.46. The van der Waals surface area contributed by atoms with Gasteiger partial charge in [0.2, 0.25) is 0 Å². The summed E-state index contributed by atoms with van der Waals surface area (Å²) in [6.45, 7) is 4.68. The zero-order chi connectivity index (χ0) is 19.4. The summed E-state index contributed by atoms with van der Waals surface area (Å²) >= 11 is 0. The molecule has 1 aliphatic rings. The fourth-order valence-corrected chi connectivity index (χ4v) is 2.82. The van der Waals surface area contributed by atoms with Crippen molar-refractivity contribution >= 4 is 23.6 Å². The van der Waals surface area contributed by atoms with Crippen LogP contribution in [0, 0.1) is 18.8 Å². The van der Waals surface area contributed by atoms with Crippen LogP contribution in [-0.4, -0.2) is 43.0 Å². The number of methoxy groups -OCH3 is 2. The summed E-state index contributed by atoms with van der Waals surface area (Å²) in [5.74, 6) is -3.97. The van der Waals surface area contributed by atoms with Crippen LogP contribution in [0.5, 0.6) is 0 Å². The van der Waals surface area contributed by atoms with Crippen LogP contribution in [0.3, 0.4) is 0 Å². The Bertz CT molecular complexity index is 791. The fraction of sp³-hybridized carbons (Fsp3) is 0.471. The number of carbonyl (C=O) groups excluding carboxylic acids is 3. The first kappa shape index (κ1) is 19.4. The molecule has 2 heterocycles. The topological polar surface area (TPSA) is 117 Å². The highest BCUT2D eigenvalue weighted by atomic mass is 16.5. The van der Waals surface area contributed by atoms with Crippen molar-refractivity contribution in [1.82, 2.24) is 5.16 Å². The lowest BCUT2D eigenvalue weighted by Gasteiger charge is -2.28. The summed E-state index contributed by atoms with van der Waals surface area (Å²) in [4.78, 5) is 41.4. The summed E-state index contributed by atoms with van der Waals surface area (Å²) < 4.78 is 19.7. The van der Waals surface area contributed by atoms with Gasteiger partial charge in [-0.1, -0.05) is 5.16 Å². The van der Waals surface area contributed by atoms with Crippen LogP contribution < -0.4 is 0 Å². The van der Waals surface area contributed by atoms with Crippen molar-refractivity contribution in [3.63, 3.8) is 0 Å². The monoisotopic (exact) mass is 364 g/mol. The lowest BCUT2D eigenvalue weighted by Crippen LogP contribution is -2.42. The molecule has 1 aliphatic heterocycles. The molecule has 0 radical (unpaired) electrons. The number of carbonyl (C=O) groups is 3. The average Bonchev–Trinajstić information content (AvgIpc) is 3.03. The number of esters is 3. The highest BCUT2D eigenvalue weighted by molar-refractivity contribution is 6.10. The third-order valence-electron chi connectivity index (χ3n) is 3.98. The Balaban J connectivity index is 2.36. The summed E-state index contributed by atoms with van der Waals surface area (Å²) in [5.41, 5.74) is 1.01. The van der Waals surface area contributed by atoms with Gasteiger partial charge >= 0.3 is 17.9 Å². The molecule has 140 valence electrons. The number of aryl methyl sites for hydroxylation is 1. The second kappa shape index (κ2) is 7.94. The van der Waals surface area contributed by atoms with Crippen LogP contribution in [0.2, 0.25) is 0 Å². The number of rotatable bonds is 5. The lowest BCUT2D eigenvalue weighted by molar-refractivity contribution is -0.157. The second-order valence-corrected chi connectivity index (χ2v) is 5.76. The Hall–Kier alpha value is -2.97. The molecule has 0 aromatic carbocycles.